The maximum Gasteiger partial charge on any atom is 0.219 e. The van der Waals surface area contributed by atoms with Gasteiger partial charge in [-0.15, -0.1) is 10.2 Å². The zero-order chi connectivity index (χ0) is 8.27. The Hall–Kier alpha value is -0.860. The van der Waals surface area contributed by atoms with Crippen molar-refractivity contribution in [2.24, 2.45) is 0 Å². The second-order valence-electron chi connectivity index (χ2n) is 2.67. The van der Waals surface area contributed by atoms with Crippen LogP contribution in [0.2, 0.25) is 0 Å². The molecule has 0 aromatic carbocycles. The molecular formula is C8H14N2O. The van der Waals surface area contributed by atoms with Crippen LogP contribution in [-0.2, 0) is 0 Å². The molecule has 0 saturated carbocycles. The van der Waals surface area contributed by atoms with Crippen LogP contribution in [0.4, 0.5) is 0 Å². The number of aromatic nitrogens is 2. The van der Waals surface area contributed by atoms with E-state index in [1.165, 1.54) is 0 Å². The Balaban J connectivity index is 2.73. The van der Waals surface area contributed by atoms with Gasteiger partial charge >= 0.3 is 0 Å². The SMILES string of the molecule is CCC(CC)c1nnc(C)o1. The molecule has 1 rings (SSSR count). The van der Waals surface area contributed by atoms with Crippen LogP contribution in [0, 0.1) is 6.92 Å². The standard InChI is InChI=1S/C8H14N2O/c1-4-7(5-2)8-10-9-6(3)11-8/h7H,4-5H2,1-3H3. The molecule has 0 N–H and O–H groups in total. The van der Waals surface area contributed by atoms with Crippen molar-refractivity contribution in [2.75, 3.05) is 0 Å². The van der Waals surface area contributed by atoms with Crippen LogP contribution in [0.3, 0.4) is 0 Å². The first-order chi connectivity index (χ1) is 5.27. The van der Waals surface area contributed by atoms with E-state index in [1.807, 2.05) is 6.92 Å². The van der Waals surface area contributed by atoms with E-state index < -0.39 is 0 Å². The van der Waals surface area contributed by atoms with Crippen molar-refractivity contribution >= 4 is 0 Å². The predicted molar refractivity (Wildman–Crippen MR) is 42.4 cm³/mol. The summed E-state index contributed by atoms with van der Waals surface area (Å²) in [6.45, 7) is 6.08. The number of nitrogens with zero attached hydrogens (tertiary/aromatic N) is 2. The molecule has 3 nitrogen and oxygen atoms in total. The number of hydrogen-bond donors (Lipinski definition) is 0. The lowest BCUT2D eigenvalue weighted by Gasteiger charge is -2.04. The van der Waals surface area contributed by atoms with Crippen LogP contribution in [0.5, 0.6) is 0 Å². The van der Waals surface area contributed by atoms with Crippen molar-refractivity contribution in [1.29, 1.82) is 0 Å². The Bertz CT molecular complexity index is 216. The van der Waals surface area contributed by atoms with Crippen LogP contribution < -0.4 is 0 Å². The van der Waals surface area contributed by atoms with Crippen molar-refractivity contribution in [3.05, 3.63) is 11.8 Å². The van der Waals surface area contributed by atoms with Gasteiger partial charge in [-0.1, -0.05) is 13.8 Å². The molecule has 11 heavy (non-hydrogen) atoms. The van der Waals surface area contributed by atoms with Crippen molar-refractivity contribution in [3.63, 3.8) is 0 Å². The minimum Gasteiger partial charge on any atom is -0.425 e. The van der Waals surface area contributed by atoms with E-state index >= 15 is 0 Å². The minimum absolute atomic E-state index is 0.441. The molecule has 0 amide bonds. The normalized spacial score (nSPS) is 10.9. The van der Waals surface area contributed by atoms with Gasteiger partial charge in [0.05, 0.1) is 0 Å². The van der Waals surface area contributed by atoms with Gasteiger partial charge in [-0.3, -0.25) is 0 Å². The van der Waals surface area contributed by atoms with E-state index in [-0.39, 0.29) is 0 Å². The Morgan fingerprint density at radius 3 is 2.27 bits per heavy atom. The Labute approximate surface area is 66.8 Å². The second kappa shape index (κ2) is 3.51. The summed E-state index contributed by atoms with van der Waals surface area (Å²) in [7, 11) is 0. The predicted octanol–water partition coefficient (Wildman–Crippen LogP) is 2.28. The quantitative estimate of drug-likeness (QED) is 0.670. The third-order valence-electron chi connectivity index (χ3n) is 1.88. The number of hydrogen-bond acceptors (Lipinski definition) is 3. The third-order valence-corrected chi connectivity index (χ3v) is 1.88. The van der Waals surface area contributed by atoms with E-state index in [0.717, 1.165) is 18.7 Å². The van der Waals surface area contributed by atoms with Gasteiger partial charge in [-0.25, -0.2) is 0 Å². The molecule has 0 radical (unpaired) electrons. The first kappa shape index (κ1) is 8.24. The van der Waals surface area contributed by atoms with Gasteiger partial charge in [-0.05, 0) is 12.8 Å². The summed E-state index contributed by atoms with van der Waals surface area (Å²) in [4.78, 5) is 0. The molecule has 1 heterocycles. The van der Waals surface area contributed by atoms with Gasteiger partial charge in [0.25, 0.3) is 0 Å². The van der Waals surface area contributed by atoms with Crippen LogP contribution in [-0.4, -0.2) is 10.2 Å². The highest BCUT2D eigenvalue weighted by atomic mass is 16.4. The third kappa shape index (κ3) is 1.79. The van der Waals surface area contributed by atoms with Gasteiger partial charge < -0.3 is 4.42 Å². The van der Waals surface area contributed by atoms with Gasteiger partial charge in [0, 0.05) is 12.8 Å². The zero-order valence-corrected chi connectivity index (χ0v) is 7.29. The lowest BCUT2D eigenvalue weighted by atomic mass is 10.0. The van der Waals surface area contributed by atoms with Gasteiger partial charge in [0.1, 0.15) is 0 Å². The summed E-state index contributed by atoms with van der Waals surface area (Å²) in [6.07, 6.45) is 2.14. The molecule has 0 bridgehead atoms. The first-order valence-electron chi connectivity index (χ1n) is 4.07. The van der Waals surface area contributed by atoms with Crippen molar-refractivity contribution in [2.45, 2.75) is 39.5 Å². The molecule has 0 spiro atoms. The fourth-order valence-corrected chi connectivity index (χ4v) is 1.11. The summed E-state index contributed by atoms with van der Waals surface area (Å²) < 4.78 is 5.31. The maximum absolute atomic E-state index is 5.31. The lowest BCUT2D eigenvalue weighted by molar-refractivity contribution is 0.415. The summed E-state index contributed by atoms with van der Waals surface area (Å²) in [5.74, 6) is 1.88. The van der Waals surface area contributed by atoms with E-state index in [4.69, 9.17) is 4.42 Å². The lowest BCUT2D eigenvalue weighted by Crippen LogP contribution is -1.95. The number of aryl methyl sites for hydroxylation is 1. The smallest absolute Gasteiger partial charge is 0.219 e. The van der Waals surface area contributed by atoms with Gasteiger partial charge in [0.15, 0.2) is 0 Å². The van der Waals surface area contributed by atoms with Crippen LogP contribution in [0.25, 0.3) is 0 Å². The second-order valence-corrected chi connectivity index (χ2v) is 2.67. The van der Waals surface area contributed by atoms with E-state index in [0.29, 0.717) is 11.8 Å². The molecule has 3 heteroatoms. The highest BCUT2D eigenvalue weighted by Crippen LogP contribution is 2.20. The molecule has 0 atom stereocenters. The molecule has 0 aliphatic heterocycles. The molecule has 1 aromatic heterocycles. The van der Waals surface area contributed by atoms with Crippen molar-refractivity contribution in [3.8, 4) is 0 Å². The summed E-state index contributed by atoms with van der Waals surface area (Å²) >= 11 is 0. The molecule has 0 aliphatic rings. The van der Waals surface area contributed by atoms with E-state index in [2.05, 4.69) is 24.0 Å². The van der Waals surface area contributed by atoms with Crippen molar-refractivity contribution < 1.29 is 4.42 Å². The monoisotopic (exact) mass is 154 g/mol. The summed E-state index contributed by atoms with van der Waals surface area (Å²) in [6, 6.07) is 0. The average Bonchev–Trinajstić information content (AvgIpc) is 2.39. The Kier molecular flexibility index (Phi) is 2.63. The summed E-state index contributed by atoms with van der Waals surface area (Å²) in [5.41, 5.74) is 0. The zero-order valence-electron chi connectivity index (χ0n) is 7.29. The maximum atomic E-state index is 5.31. The highest BCUT2D eigenvalue weighted by molar-refractivity contribution is 4.88. The number of rotatable bonds is 3. The molecular weight excluding hydrogens is 140 g/mol. The van der Waals surface area contributed by atoms with Gasteiger partial charge in [0.2, 0.25) is 11.8 Å². The average molecular weight is 154 g/mol. The fraction of sp³-hybridized carbons (Fsp3) is 0.750. The van der Waals surface area contributed by atoms with Crippen molar-refractivity contribution in [1.82, 2.24) is 10.2 Å². The van der Waals surface area contributed by atoms with Crippen LogP contribution in [0.15, 0.2) is 4.42 Å². The first-order valence-corrected chi connectivity index (χ1v) is 4.07. The molecule has 0 saturated heterocycles. The molecule has 0 unspecified atom stereocenters. The largest absolute Gasteiger partial charge is 0.425 e. The van der Waals surface area contributed by atoms with Crippen LogP contribution in [0.1, 0.15) is 44.4 Å². The van der Waals surface area contributed by atoms with Gasteiger partial charge in [-0.2, -0.15) is 0 Å². The highest BCUT2D eigenvalue weighted by Gasteiger charge is 2.12. The topological polar surface area (TPSA) is 38.9 Å². The van der Waals surface area contributed by atoms with E-state index in [9.17, 15) is 0 Å². The van der Waals surface area contributed by atoms with Crippen LogP contribution >= 0.6 is 0 Å². The fourth-order valence-electron chi connectivity index (χ4n) is 1.11. The Morgan fingerprint density at radius 1 is 1.27 bits per heavy atom. The molecule has 0 aliphatic carbocycles. The molecule has 0 fully saturated rings. The molecule has 1 aromatic rings. The Morgan fingerprint density at radius 2 is 1.91 bits per heavy atom. The molecule has 62 valence electrons. The summed E-state index contributed by atoms with van der Waals surface area (Å²) in [5, 5.41) is 7.76. The van der Waals surface area contributed by atoms with E-state index in [1.54, 1.807) is 0 Å². The minimum atomic E-state index is 0.441.